The fourth-order valence-electron chi connectivity index (χ4n) is 2.56. The zero-order valence-corrected chi connectivity index (χ0v) is 14.9. The third kappa shape index (κ3) is 4.20. The van der Waals surface area contributed by atoms with Gasteiger partial charge in [0.25, 0.3) is 5.56 Å². The zero-order valence-electron chi connectivity index (χ0n) is 14.1. The molecule has 26 heavy (non-hydrogen) atoms. The number of carboxylic acid groups (broad SMARTS) is 1. The van der Waals surface area contributed by atoms with E-state index in [2.05, 4.69) is 15.2 Å². The molecule has 0 saturated carbocycles. The van der Waals surface area contributed by atoms with Gasteiger partial charge in [-0.15, -0.1) is 0 Å². The minimum Gasteiger partial charge on any atom is -0.480 e. The van der Waals surface area contributed by atoms with Gasteiger partial charge < -0.3 is 9.67 Å². The number of hydrogen-bond acceptors (Lipinski definition) is 5. The topological polar surface area (TPSA) is 101 Å². The molecule has 1 atom stereocenters. The lowest BCUT2D eigenvalue weighted by atomic mass is 9.98. The van der Waals surface area contributed by atoms with Gasteiger partial charge in [-0.25, -0.2) is 0 Å². The maximum absolute atomic E-state index is 12.5. The number of rotatable bonds is 7. The molecule has 0 aliphatic heterocycles. The van der Waals surface area contributed by atoms with Crippen molar-refractivity contribution in [2.24, 2.45) is 0 Å². The average Bonchev–Trinajstić information content (AvgIpc) is 3.16. The van der Waals surface area contributed by atoms with Gasteiger partial charge in [0.1, 0.15) is 6.54 Å². The second kappa shape index (κ2) is 8.01. The Bertz CT molecular complexity index is 939. The minimum atomic E-state index is -0.987. The van der Waals surface area contributed by atoms with E-state index in [1.807, 2.05) is 37.3 Å². The van der Waals surface area contributed by atoms with Crippen molar-refractivity contribution in [3.8, 4) is 0 Å². The first-order valence-corrected chi connectivity index (χ1v) is 9.01. The maximum atomic E-state index is 12.5. The summed E-state index contributed by atoms with van der Waals surface area (Å²) >= 11 is 1.34. The molecule has 2 heterocycles. The van der Waals surface area contributed by atoms with Crippen LogP contribution in [0.1, 0.15) is 29.5 Å². The van der Waals surface area contributed by atoms with Gasteiger partial charge in [0, 0.05) is 29.6 Å². The molecule has 0 bridgehead atoms. The number of H-pyrrole nitrogens is 1. The number of aromatic amines is 1. The van der Waals surface area contributed by atoms with E-state index in [1.165, 1.54) is 16.3 Å². The summed E-state index contributed by atoms with van der Waals surface area (Å²) in [5.74, 6) is -0.621. The highest BCUT2D eigenvalue weighted by atomic mass is 32.2. The van der Waals surface area contributed by atoms with E-state index in [0.717, 1.165) is 11.1 Å². The molecular weight excluding hydrogens is 352 g/mol. The van der Waals surface area contributed by atoms with E-state index in [9.17, 15) is 14.7 Å². The lowest BCUT2D eigenvalue weighted by molar-refractivity contribution is -0.137. The fourth-order valence-corrected chi connectivity index (χ4v) is 3.48. The van der Waals surface area contributed by atoms with Gasteiger partial charge in [-0.05, 0) is 11.1 Å². The third-order valence-corrected chi connectivity index (χ3v) is 5.05. The summed E-state index contributed by atoms with van der Waals surface area (Å²) in [6.45, 7) is 1.61. The molecule has 0 aliphatic carbocycles. The van der Waals surface area contributed by atoms with Crippen molar-refractivity contribution in [3.63, 3.8) is 0 Å². The van der Waals surface area contributed by atoms with E-state index in [1.54, 1.807) is 18.6 Å². The molecule has 7 nitrogen and oxygen atoms in total. The Balaban J connectivity index is 1.92. The predicted molar refractivity (Wildman–Crippen MR) is 98.2 cm³/mol. The highest BCUT2D eigenvalue weighted by Gasteiger charge is 2.18. The molecule has 1 unspecified atom stereocenters. The first-order chi connectivity index (χ1) is 12.5. The summed E-state index contributed by atoms with van der Waals surface area (Å²) in [5.41, 5.74) is 2.01. The van der Waals surface area contributed by atoms with Crippen molar-refractivity contribution < 1.29 is 9.90 Å². The summed E-state index contributed by atoms with van der Waals surface area (Å²) in [4.78, 5) is 27.9. The Hall–Kier alpha value is -2.87. The van der Waals surface area contributed by atoms with Crippen LogP contribution < -0.4 is 5.56 Å². The Morgan fingerprint density at radius 3 is 2.77 bits per heavy atom. The molecule has 2 aromatic heterocycles. The predicted octanol–water partition coefficient (Wildman–Crippen LogP) is 2.50. The number of thioether (sulfide) groups is 1. The molecule has 0 amide bonds. The monoisotopic (exact) mass is 370 g/mol. The smallest absolute Gasteiger partial charge is 0.323 e. The summed E-state index contributed by atoms with van der Waals surface area (Å²) in [5, 5.41) is 16.2. The number of hydrogen-bond donors (Lipinski definition) is 2. The molecule has 0 aliphatic rings. The molecule has 0 radical (unpaired) electrons. The molecule has 0 fully saturated rings. The highest BCUT2D eigenvalue weighted by molar-refractivity contribution is 7.98. The number of benzene rings is 1. The van der Waals surface area contributed by atoms with Crippen molar-refractivity contribution in [2.75, 3.05) is 0 Å². The summed E-state index contributed by atoms with van der Waals surface area (Å²) in [6.07, 6.45) is 4.95. The van der Waals surface area contributed by atoms with Crippen molar-refractivity contribution in [1.82, 2.24) is 19.7 Å². The van der Waals surface area contributed by atoms with Crippen LogP contribution in [0.2, 0.25) is 0 Å². The second-order valence-corrected chi connectivity index (χ2v) is 6.78. The zero-order chi connectivity index (χ0) is 18.5. The number of nitrogens with one attached hydrogen (secondary N) is 1. The van der Waals surface area contributed by atoms with Gasteiger partial charge in [-0.3, -0.25) is 14.7 Å². The van der Waals surface area contributed by atoms with Crippen LogP contribution >= 0.6 is 11.8 Å². The SMILES string of the molecule is CC(c1cn[nH]c1)c1cn(CC(=O)O)c(SCc2ccccc2)nc1=O. The van der Waals surface area contributed by atoms with Crippen LogP contribution in [0.3, 0.4) is 0 Å². The molecule has 1 aromatic carbocycles. The van der Waals surface area contributed by atoms with E-state index in [0.29, 0.717) is 16.5 Å². The van der Waals surface area contributed by atoms with Crippen LogP contribution in [0.4, 0.5) is 0 Å². The average molecular weight is 370 g/mol. The minimum absolute atomic E-state index is 0.234. The van der Waals surface area contributed by atoms with E-state index >= 15 is 0 Å². The molecule has 134 valence electrons. The lowest BCUT2D eigenvalue weighted by Crippen LogP contribution is -2.23. The Morgan fingerprint density at radius 2 is 2.12 bits per heavy atom. The van der Waals surface area contributed by atoms with Gasteiger partial charge in [0.05, 0.1) is 6.20 Å². The molecule has 3 rings (SSSR count). The van der Waals surface area contributed by atoms with E-state index in [4.69, 9.17) is 0 Å². The number of aromatic nitrogens is 4. The summed E-state index contributed by atoms with van der Waals surface area (Å²) in [7, 11) is 0. The highest BCUT2D eigenvalue weighted by Crippen LogP contribution is 2.24. The molecule has 2 N–H and O–H groups in total. The van der Waals surface area contributed by atoms with Gasteiger partial charge in [0.15, 0.2) is 5.16 Å². The summed E-state index contributed by atoms with van der Waals surface area (Å²) < 4.78 is 1.52. The largest absolute Gasteiger partial charge is 0.480 e. The second-order valence-electron chi connectivity index (χ2n) is 5.83. The van der Waals surface area contributed by atoms with Crippen molar-refractivity contribution in [2.45, 2.75) is 30.3 Å². The molecule has 8 heteroatoms. The van der Waals surface area contributed by atoms with Crippen LogP contribution in [-0.2, 0) is 17.1 Å². The van der Waals surface area contributed by atoms with E-state index in [-0.39, 0.29) is 18.0 Å². The van der Waals surface area contributed by atoms with Crippen LogP contribution in [-0.4, -0.2) is 30.8 Å². The molecule has 0 spiro atoms. The van der Waals surface area contributed by atoms with E-state index < -0.39 is 5.97 Å². The van der Waals surface area contributed by atoms with Crippen molar-refractivity contribution in [1.29, 1.82) is 0 Å². The molecule has 3 aromatic rings. The maximum Gasteiger partial charge on any atom is 0.323 e. The fraction of sp³-hybridized carbons (Fsp3) is 0.222. The van der Waals surface area contributed by atoms with Gasteiger partial charge in [0.2, 0.25) is 0 Å². The first kappa shape index (κ1) is 17.9. The van der Waals surface area contributed by atoms with Crippen LogP contribution in [0.25, 0.3) is 0 Å². The van der Waals surface area contributed by atoms with Crippen LogP contribution in [0.15, 0.2) is 58.9 Å². The Morgan fingerprint density at radius 1 is 1.35 bits per heavy atom. The van der Waals surface area contributed by atoms with Crippen molar-refractivity contribution >= 4 is 17.7 Å². The quantitative estimate of drug-likeness (QED) is 0.489. The standard InChI is InChI=1S/C18H18N4O3S/c1-12(14-7-19-20-8-14)15-9-22(10-16(23)24)18(21-17(15)25)26-11-13-5-3-2-4-6-13/h2-9,12H,10-11H2,1H3,(H,19,20)(H,23,24). The van der Waals surface area contributed by atoms with Crippen LogP contribution in [0, 0.1) is 0 Å². The number of nitrogens with zero attached hydrogens (tertiary/aromatic N) is 3. The number of carbonyl (C=O) groups is 1. The van der Waals surface area contributed by atoms with Gasteiger partial charge >= 0.3 is 5.97 Å². The Kier molecular flexibility index (Phi) is 5.52. The van der Waals surface area contributed by atoms with Gasteiger partial charge in [-0.1, -0.05) is 49.0 Å². The first-order valence-electron chi connectivity index (χ1n) is 8.03. The third-order valence-electron chi connectivity index (χ3n) is 3.99. The Labute approximate surface area is 154 Å². The molecular formula is C18H18N4O3S. The number of carboxylic acids is 1. The lowest BCUT2D eigenvalue weighted by Gasteiger charge is -2.15. The number of aliphatic carboxylic acids is 1. The normalized spacial score (nSPS) is 12.0. The summed E-state index contributed by atoms with van der Waals surface area (Å²) in [6, 6.07) is 9.75. The van der Waals surface area contributed by atoms with Crippen molar-refractivity contribution in [3.05, 3.63) is 76.0 Å². The van der Waals surface area contributed by atoms with Crippen LogP contribution in [0.5, 0.6) is 0 Å². The van der Waals surface area contributed by atoms with Gasteiger partial charge in [-0.2, -0.15) is 10.1 Å². The molecule has 0 saturated heterocycles.